The Morgan fingerprint density at radius 3 is 2.75 bits per heavy atom. The summed E-state index contributed by atoms with van der Waals surface area (Å²) in [6.07, 6.45) is 4.96. The predicted molar refractivity (Wildman–Crippen MR) is 75.4 cm³/mol. The highest BCUT2D eigenvalue weighted by atomic mass is 16.3. The van der Waals surface area contributed by atoms with Crippen molar-refractivity contribution in [1.82, 2.24) is 19.6 Å². The minimum atomic E-state index is 0.269. The lowest BCUT2D eigenvalue weighted by Crippen LogP contribution is -1.95. The Balaban J connectivity index is 1.98. The van der Waals surface area contributed by atoms with Crippen molar-refractivity contribution < 1.29 is 5.11 Å². The van der Waals surface area contributed by atoms with Gasteiger partial charge in [0.2, 0.25) is 0 Å². The van der Waals surface area contributed by atoms with E-state index in [0.717, 1.165) is 22.0 Å². The summed E-state index contributed by atoms with van der Waals surface area (Å²) < 4.78 is 1.76. The van der Waals surface area contributed by atoms with Gasteiger partial charge in [0, 0.05) is 5.56 Å². The highest BCUT2D eigenvalue weighted by Gasteiger charge is 2.06. The molecule has 2 heterocycles. The van der Waals surface area contributed by atoms with Gasteiger partial charge in [-0.25, -0.2) is 9.50 Å². The largest absolute Gasteiger partial charge is 0.508 e. The summed E-state index contributed by atoms with van der Waals surface area (Å²) in [5, 5.41) is 15.8. The lowest BCUT2D eigenvalue weighted by atomic mass is 10.1. The average Bonchev–Trinajstić information content (AvgIpc) is 2.95. The van der Waals surface area contributed by atoms with E-state index in [0.29, 0.717) is 5.65 Å². The summed E-state index contributed by atoms with van der Waals surface area (Å²) in [4.78, 5) is 8.33. The van der Waals surface area contributed by atoms with Crippen LogP contribution in [0.15, 0.2) is 55.1 Å². The van der Waals surface area contributed by atoms with E-state index in [2.05, 4.69) is 15.1 Å². The maximum atomic E-state index is 9.50. The Morgan fingerprint density at radius 1 is 0.950 bits per heavy atom. The lowest BCUT2D eigenvalue weighted by Gasteiger charge is -2.06. The van der Waals surface area contributed by atoms with Crippen LogP contribution < -0.4 is 0 Å². The maximum Gasteiger partial charge on any atom is 0.174 e. The third kappa shape index (κ3) is 1.60. The van der Waals surface area contributed by atoms with E-state index in [1.807, 2.05) is 24.3 Å². The zero-order valence-electron chi connectivity index (χ0n) is 10.4. The molecule has 0 spiro atoms. The first-order chi connectivity index (χ1) is 9.81. The van der Waals surface area contributed by atoms with Gasteiger partial charge in [0.05, 0.1) is 18.1 Å². The molecule has 4 aromatic rings. The molecule has 5 nitrogen and oxygen atoms in total. The van der Waals surface area contributed by atoms with Gasteiger partial charge in [-0.1, -0.05) is 18.2 Å². The lowest BCUT2D eigenvalue weighted by molar-refractivity contribution is 0.476. The molecule has 2 aromatic heterocycles. The molecular weight excluding hydrogens is 252 g/mol. The molecule has 0 atom stereocenters. The van der Waals surface area contributed by atoms with Gasteiger partial charge in [-0.3, -0.25) is 4.98 Å². The molecule has 0 radical (unpaired) electrons. The molecule has 2 aromatic carbocycles. The summed E-state index contributed by atoms with van der Waals surface area (Å²) in [5.74, 6) is 0.269. The highest BCUT2D eigenvalue weighted by molar-refractivity contribution is 5.88. The fourth-order valence-corrected chi connectivity index (χ4v) is 2.34. The van der Waals surface area contributed by atoms with Gasteiger partial charge in [-0.15, -0.1) is 0 Å². The van der Waals surface area contributed by atoms with Gasteiger partial charge in [0.25, 0.3) is 0 Å². The number of fused-ring (bicyclic) bond motifs is 2. The summed E-state index contributed by atoms with van der Waals surface area (Å²) in [7, 11) is 0. The third-order valence-corrected chi connectivity index (χ3v) is 3.31. The molecular formula is C15H10N4O. The number of phenolic OH excluding ortho intramolecular Hbond substituents is 1. The van der Waals surface area contributed by atoms with Gasteiger partial charge >= 0.3 is 0 Å². The molecule has 0 unspecified atom stereocenters. The van der Waals surface area contributed by atoms with Crippen molar-refractivity contribution in [2.75, 3.05) is 0 Å². The molecule has 0 saturated heterocycles. The molecule has 0 aliphatic carbocycles. The van der Waals surface area contributed by atoms with Gasteiger partial charge in [-0.2, -0.15) is 5.10 Å². The topological polar surface area (TPSA) is 63.3 Å². The van der Waals surface area contributed by atoms with Crippen LogP contribution in [0.3, 0.4) is 0 Å². The Kier molecular flexibility index (Phi) is 2.20. The quantitative estimate of drug-likeness (QED) is 0.572. The van der Waals surface area contributed by atoms with Crippen molar-refractivity contribution in [1.29, 1.82) is 0 Å². The second-order valence-electron chi connectivity index (χ2n) is 4.57. The molecule has 4 rings (SSSR count). The molecule has 1 N–H and O–H groups in total. The summed E-state index contributed by atoms with van der Waals surface area (Å²) in [6, 6.07) is 11.3. The first-order valence-electron chi connectivity index (χ1n) is 6.18. The van der Waals surface area contributed by atoms with E-state index in [1.165, 1.54) is 6.33 Å². The molecule has 0 aliphatic rings. The monoisotopic (exact) mass is 262 g/mol. The number of hydrogen-bond acceptors (Lipinski definition) is 4. The van der Waals surface area contributed by atoms with Crippen LogP contribution in [0.5, 0.6) is 5.75 Å². The van der Waals surface area contributed by atoms with Crippen LogP contribution in [0.2, 0.25) is 0 Å². The van der Waals surface area contributed by atoms with E-state index in [1.54, 1.807) is 29.0 Å². The smallest absolute Gasteiger partial charge is 0.174 e. The molecule has 0 fully saturated rings. The highest BCUT2D eigenvalue weighted by Crippen LogP contribution is 2.26. The van der Waals surface area contributed by atoms with Crippen LogP contribution in [0.4, 0.5) is 0 Å². The van der Waals surface area contributed by atoms with E-state index in [9.17, 15) is 5.11 Å². The average molecular weight is 262 g/mol. The molecule has 5 heteroatoms. The Labute approximate surface area is 114 Å². The van der Waals surface area contributed by atoms with E-state index in [-0.39, 0.29) is 5.75 Å². The molecule has 0 aliphatic heterocycles. The second-order valence-corrected chi connectivity index (χ2v) is 4.57. The molecule has 0 bridgehead atoms. The van der Waals surface area contributed by atoms with Gasteiger partial charge in [-0.05, 0) is 29.0 Å². The van der Waals surface area contributed by atoms with Crippen molar-refractivity contribution in [2.24, 2.45) is 0 Å². The molecule has 0 saturated carbocycles. The Morgan fingerprint density at radius 2 is 1.80 bits per heavy atom. The van der Waals surface area contributed by atoms with Crippen molar-refractivity contribution in [3.8, 4) is 17.0 Å². The number of rotatable bonds is 1. The van der Waals surface area contributed by atoms with Crippen LogP contribution in [-0.2, 0) is 0 Å². The number of nitrogens with zero attached hydrogens (tertiary/aromatic N) is 4. The van der Waals surface area contributed by atoms with E-state index >= 15 is 0 Å². The molecule has 20 heavy (non-hydrogen) atoms. The number of hydrogen-bond donors (Lipinski definition) is 1. The predicted octanol–water partition coefficient (Wildman–Crippen LogP) is 2.65. The summed E-state index contributed by atoms with van der Waals surface area (Å²) in [6.45, 7) is 0. The van der Waals surface area contributed by atoms with Crippen LogP contribution in [-0.4, -0.2) is 24.7 Å². The van der Waals surface area contributed by atoms with Crippen LogP contribution in [0, 0.1) is 0 Å². The molecule has 0 amide bonds. The van der Waals surface area contributed by atoms with E-state index < -0.39 is 0 Å². The Hall–Kier alpha value is -2.95. The van der Waals surface area contributed by atoms with Gasteiger partial charge in [0.15, 0.2) is 5.65 Å². The number of aromatic hydroxyl groups is 1. The standard InChI is InChI=1S/C15H10N4O/c20-13-4-3-10-5-12(2-1-11(10)6-13)14-7-16-8-15-17-9-18-19(14)15/h1-9,20H. The number of benzene rings is 2. The van der Waals surface area contributed by atoms with Crippen molar-refractivity contribution >= 4 is 16.4 Å². The minimum absolute atomic E-state index is 0.269. The first-order valence-corrected chi connectivity index (χ1v) is 6.18. The number of phenols is 1. The third-order valence-electron chi connectivity index (χ3n) is 3.31. The van der Waals surface area contributed by atoms with Gasteiger partial charge in [0.1, 0.15) is 12.1 Å². The fourth-order valence-electron chi connectivity index (χ4n) is 2.34. The Bertz CT molecular complexity index is 929. The van der Waals surface area contributed by atoms with Crippen molar-refractivity contribution in [3.63, 3.8) is 0 Å². The van der Waals surface area contributed by atoms with E-state index in [4.69, 9.17) is 0 Å². The van der Waals surface area contributed by atoms with Crippen LogP contribution in [0.25, 0.3) is 27.7 Å². The van der Waals surface area contributed by atoms with Crippen LogP contribution in [0.1, 0.15) is 0 Å². The second kappa shape index (κ2) is 4.03. The maximum absolute atomic E-state index is 9.50. The molecule has 96 valence electrons. The van der Waals surface area contributed by atoms with Gasteiger partial charge < -0.3 is 5.11 Å². The zero-order chi connectivity index (χ0) is 13.5. The SMILES string of the molecule is Oc1ccc2cc(-c3cncc4ncnn34)ccc2c1. The van der Waals surface area contributed by atoms with Crippen molar-refractivity contribution in [2.45, 2.75) is 0 Å². The van der Waals surface area contributed by atoms with Crippen molar-refractivity contribution in [3.05, 3.63) is 55.1 Å². The first kappa shape index (κ1) is 10.9. The zero-order valence-corrected chi connectivity index (χ0v) is 10.4. The summed E-state index contributed by atoms with van der Waals surface area (Å²) in [5.41, 5.74) is 2.61. The minimum Gasteiger partial charge on any atom is -0.508 e. The summed E-state index contributed by atoms with van der Waals surface area (Å²) >= 11 is 0. The van der Waals surface area contributed by atoms with Crippen LogP contribution >= 0.6 is 0 Å². The fraction of sp³-hybridized carbons (Fsp3) is 0. The number of aromatic nitrogens is 4. The normalized spacial score (nSPS) is 11.2.